The van der Waals surface area contributed by atoms with Gasteiger partial charge < -0.3 is 16.4 Å². The summed E-state index contributed by atoms with van der Waals surface area (Å²) in [5, 5.41) is 5.77. The van der Waals surface area contributed by atoms with Gasteiger partial charge in [-0.25, -0.2) is 4.39 Å². The van der Waals surface area contributed by atoms with Crippen LogP contribution in [0, 0.1) is 5.82 Å². The molecule has 0 heterocycles. The molecule has 0 aliphatic heterocycles. The third kappa shape index (κ3) is 3.62. The van der Waals surface area contributed by atoms with Gasteiger partial charge in [-0.15, -0.1) is 0 Å². The van der Waals surface area contributed by atoms with E-state index in [0.717, 1.165) is 0 Å². The standard InChI is InChI=1S/C16H22FN3O2/c1-10(2)20-13(14(18)21)9-19-15(22)16(6-7-16)11-4-3-5-12(17)8-11/h3-5,8,10,13,20H,6-7,9H2,1-2H3,(H2,18,21)(H,19,22). The Morgan fingerprint density at radius 1 is 1.36 bits per heavy atom. The molecule has 0 spiro atoms. The van der Waals surface area contributed by atoms with Crippen LogP contribution in [-0.2, 0) is 15.0 Å². The van der Waals surface area contributed by atoms with Gasteiger partial charge in [-0.2, -0.15) is 0 Å². The highest BCUT2D eigenvalue weighted by molar-refractivity contribution is 5.92. The molecular weight excluding hydrogens is 285 g/mol. The maximum atomic E-state index is 13.3. The second-order valence-electron chi connectivity index (χ2n) is 6.08. The van der Waals surface area contributed by atoms with Gasteiger partial charge in [0.1, 0.15) is 11.9 Å². The fourth-order valence-electron chi connectivity index (χ4n) is 2.57. The number of benzene rings is 1. The summed E-state index contributed by atoms with van der Waals surface area (Å²) in [5.41, 5.74) is 5.34. The number of amides is 2. The fourth-order valence-corrected chi connectivity index (χ4v) is 2.57. The molecule has 1 aromatic carbocycles. The summed E-state index contributed by atoms with van der Waals surface area (Å²) in [6, 6.07) is 5.57. The van der Waals surface area contributed by atoms with Crippen molar-refractivity contribution in [2.24, 2.45) is 5.73 Å². The summed E-state index contributed by atoms with van der Waals surface area (Å²) in [5.74, 6) is -1.05. The molecule has 1 unspecified atom stereocenters. The van der Waals surface area contributed by atoms with E-state index in [1.165, 1.54) is 12.1 Å². The van der Waals surface area contributed by atoms with Crippen molar-refractivity contribution >= 4 is 11.8 Å². The Morgan fingerprint density at radius 2 is 2.05 bits per heavy atom. The van der Waals surface area contributed by atoms with Crippen LogP contribution in [0.4, 0.5) is 4.39 Å². The van der Waals surface area contributed by atoms with E-state index in [1.807, 2.05) is 13.8 Å². The van der Waals surface area contributed by atoms with E-state index < -0.39 is 17.4 Å². The van der Waals surface area contributed by atoms with Gasteiger partial charge in [-0.05, 0) is 30.5 Å². The van der Waals surface area contributed by atoms with Gasteiger partial charge in [-0.1, -0.05) is 26.0 Å². The number of nitrogens with two attached hydrogens (primary N) is 1. The average molecular weight is 307 g/mol. The zero-order chi connectivity index (χ0) is 16.3. The van der Waals surface area contributed by atoms with Crippen molar-refractivity contribution in [3.63, 3.8) is 0 Å². The normalized spacial score (nSPS) is 17.1. The number of nitrogens with one attached hydrogen (secondary N) is 2. The minimum atomic E-state index is -0.665. The van der Waals surface area contributed by atoms with Crippen molar-refractivity contribution in [2.75, 3.05) is 6.54 Å². The number of primary amides is 1. The number of carbonyl (C=O) groups excluding carboxylic acids is 2. The highest BCUT2D eigenvalue weighted by Gasteiger charge is 2.51. The van der Waals surface area contributed by atoms with Crippen molar-refractivity contribution < 1.29 is 14.0 Å². The largest absolute Gasteiger partial charge is 0.368 e. The fraction of sp³-hybridized carbons (Fsp3) is 0.500. The summed E-state index contributed by atoms with van der Waals surface area (Å²) >= 11 is 0. The third-order valence-corrected chi connectivity index (χ3v) is 3.91. The molecule has 22 heavy (non-hydrogen) atoms. The summed E-state index contributed by atoms with van der Waals surface area (Å²) < 4.78 is 13.3. The first-order chi connectivity index (χ1) is 10.3. The van der Waals surface area contributed by atoms with E-state index in [1.54, 1.807) is 12.1 Å². The van der Waals surface area contributed by atoms with Crippen LogP contribution >= 0.6 is 0 Å². The smallest absolute Gasteiger partial charge is 0.236 e. The van der Waals surface area contributed by atoms with E-state index in [9.17, 15) is 14.0 Å². The molecule has 4 N–H and O–H groups in total. The minimum Gasteiger partial charge on any atom is -0.368 e. The van der Waals surface area contributed by atoms with E-state index in [-0.39, 0.29) is 24.3 Å². The minimum absolute atomic E-state index is 0.0764. The Kier molecular flexibility index (Phi) is 4.81. The van der Waals surface area contributed by atoms with E-state index in [0.29, 0.717) is 18.4 Å². The average Bonchev–Trinajstić information content (AvgIpc) is 3.24. The van der Waals surface area contributed by atoms with Gasteiger partial charge in [-0.3, -0.25) is 9.59 Å². The molecule has 1 aromatic rings. The molecular formula is C16H22FN3O2. The number of halogens is 1. The van der Waals surface area contributed by atoms with Crippen LogP contribution in [0.1, 0.15) is 32.3 Å². The van der Waals surface area contributed by atoms with Gasteiger partial charge in [0.2, 0.25) is 11.8 Å². The lowest BCUT2D eigenvalue weighted by atomic mass is 9.95. The predicted molar refractivity (Wildman–Crippen MR) is 81.6 cm³/mol. The van der Waals surface area contributed by atoms with Crippen molar-refractivity contribution in [1.82, 2.24) is 10.6 Å². The van der Waals surface area contributed by atoms with Gasteiger partial charge in [0.05, 0.1) is 5.41 Å². The summed E-state index contributed by atoms with van der Waals surface area (Å²) in [7, 11) is 0. The quantitative estimate of drug-likeness (QED) is 0.697. The molecule has 0 aromatic heterocycles. The molecule has 1 fully saturated rings. The predicted octanol–water partition coefficient (Wildman–Crippen LogP) is 0.825. The van der Waals surface area contributed by atoms with Crippen molar-refractivity contribution in [1.29, 1.82) is 0 Å². The van der Waals surface area contributed by atoms with E-state index >= 15 is 0 Å². The Balaban J connectivity index is 2.01. The van der Waals surface area contributed by atoms with Crippen LogP contribution < -0.4 is 16.4 Å². The van der Waals surface area contributed by atoms with Crippen molar-refractivity contribution in [3.05, 3.63) is 35.6 Å². The Morgan fingerprint density at radius 3 is 2.55 bits per heavy atom. The second kappa shape index (κ2) is 6.44. The Hall–Kier alpha value is -1.95. The second-order valence-corrected chi connectivity index (χ2v) is 6.08. The Labute approximate surface area is 129 Å². The molecule has 1 aliphatic rings. The zero-order valence-corrected chi connectivity index (χ0v) is 12.9. The monoisotopic (exact) mass is 307 g/mol. The van der Waals surface area contributed by atoms with Crippen LogP contribution in [0.15, 0.2) is 24.3 Å². The van der Waals surface area contributed by atoms with Crippen LogP contribution in [0.5, 0.6) is 0 Å². The summed E-state index contributed by atoms with van der Waals surface area (Å²) in [4.78, 5) is 23.8. The lowest BCUT2D eigenvalue weighted by molar-refractivity contribution is -0.124. The number of rotatable bonds is 7. The molecule has 6 heteroatoms. The lowest BCUT2D eigenvalue weighted by Crippen LogP contribution is -2.52. The molecule has 5 nitrogen and oxygen atoms in total. The number of hydrogen-bond donors (Lipinski definition) is 3. The summed E-state index contributed by atoms with van der Waals surface area (Å²) in [6.07, 6.45) is 1.36. The number of hydrogen-bond acceptors (Lipinski definition) is 3. The first-order valence-electron chi connectivity index (χ1n) is 7.45. The van der Waals surface area contributed by atoms with Crippen LogP contribution in [0.25, 0.3) is 0 Å². The van der Waals surface area contributed by atoms with Crippen LogP contribution in [0.2, 0.25) is 0 Å². The first-order valence-corrected chi connectivity index (χ1v) is 7.45. The number of carbonyl (C=O) groups is 2. The topological polar surface area (TPSA) is 84.2 Å². The first kappa shape index (κ1) is 16.4. The third-order valence-electron chi connectivity index (χ3n) is 3.91. The van der Waals surface area contributed by atoms with E-state index in [4.69, 9.17) is 5.73 Å². The van der Waals surface area contributed by atoms with Gasteiger partial charge in [0.25, 0.3) is 0 Å². The maximum absolute atomic E-state index is 13.3. The highest BCUT2D eigenvalue weighted by atomic mass is 19.1. The highest BCUT2D eigenvalue weighted by Crippen LogP contribution is 2.48. The lowest BCUT2D eigenvalue weighted by Gasteiger charge is -2.21. The van der Waals surface area contributed by atoms with Crippen LogP contribution in [-0.4, -0.2) is 30.4 Å². The Bertz CT molecular complexity index is 570. The molecule has 2 amide bonds. The maximum Gasteiger partial charge on any atom is 0.236 e. The molecule has 0 bridgehead atoms. The van der Waals surface area contributed by atoms with Gasteiger partial charge in [0.15, 0.2) is 0 Å². The van der Waals surface area contributed by atoms with Crippen molar-refractivity contribution in [3.8, 4) is 0 Å². The van der Waals surface area contributed by atoms with Crippen molar-refractivity contribution in [2.45, 2.75) is 44.2 Å². The van der Waals surface area contributed by atoms with Gasteiger partial charge in [0, 0.05) is 12.6 Å². The molecule has 1 aliphatic carbocycles. The molecule has 0 saturated heterocycles. The zero-order valence-electron chi connectivity index (χ0n) is 12.9. The van der Waals surface area contributed by atoms with Crippen LogP contribution in [0.3, 0.4) is 0 Å². The summed E-state index contributed by atoms with van der Waals surface area (Å²) in [6.45, 7) is 3.92. The molecule has 1 atom stereocenters. The molecule has 1 saturated carbocycles. The molecule has 120 valence electrons. The molecule has 2 rings (SSSR count). The van der Waals surface area contributed by atoms with E-state index in [2.05, 4.69) is 10.6 Å². The SMILES string of the molecule is CC(C)NC(CNC(=O)C1(c2cccc(F)c2)CC1)C(N)=O. The van der Waals surface area contributed by atoms with Gasteiger partial charge >= 0.3 is 0 Å². The molecule has 0 radical (unpaired) electrons.